The number of benzene rings is 2. The molecule has 2 aromatic heterocycles. The van der Waals surface area contributed by atoms with Gasteiger partial charge >= 0.3 is 5.97 Å². The Morgan fingerprint density at radius 1 is 1.11 bits per heavy atom. The average molecular weight is 470 g/mol. The fraction of sp³-hybridized carbons (Fsp3) is 0.179. The Morgan fingerprint density at radius 3 is 2.51 bits per heavy atom. The van der Waals surface area contributed by atoms with Crippen LogP contribution in [-0.2, 0) is 4.79 Å². The summed E-state index contributed by atoms with van der Waals surface area (Å²) in [5, 5.41) is 16.0. The van der Waals surface area contributed by atoms with Crippen LogP contribution >= 0.6 is 0 Å². The molecule has 0 radical (unpaired) electrons. The summed E-state index contributed by atoms with van der Waals surface area (Å²) < 4.78 is 20.2. The smallest absolute Gasteiger partial charge is 0.328 e. The van der Waals surface area contributed by atoms with Crippen LogP contribution in [-0.4, -0.2) is 33.4 Å². The Kier molecular flexibility index (Phi) is 6.14. The highest BCUT2D eigenvalue weighted by Gasteiger charge is 2.28. The normalized spacial score (nSPS) is 14.7. The van der Waals surface area contributed by atoms with Crippen molar-refractivity contribution in [3.8, 4) is 5.88 Å². The number of ether oxygens (including phenoxy) is 1. The molecule has 1 fully saturated rings. The van der Waals surface area contributed by atoms with Crippen molar-refractivity contribution in [2.75, 3.05) is 7.11 Å². The van der Waals surface area contributed by atoms with Crippen molar-refractivity contribution >= 4 is 34.1 Å². The number of fused-ring (bicyclic) bond motifs is 1. The number of aromatic nitrogens is 3. The van der Waals surface area contributed by atoms with E-state index in [1.807, 2.05) is 54.7 Å². The maximum atomic E-state index is 15.0. The first-order valence-electron chi connectivity index (χ1n) is 11.4. The molecule has 0 atom stereocenters. The summed E-state index contributed by atoms with van der Waals surface area (Å²) in [5.74, 6) is -0.649. The summed E-state index contributed by atoms with van der Waals surface area (Å²) in [7, 11) is 1.58. The summed E-state index contributed by atoms with van der Waals surface area (Å²) in [6.07, 6.45) is 7.67. The number of aromatic amines is 1. The lowest BCUT2D eigenvalue weighted by Gasteiger charge is -2.31. The van der Waals surface area contributed by atoms with E-state index >= 15 is 0 Å². The molecule has 0 spiro atoms. The van der Waals surface area contributed by atoms with Crippen LogP contribution in [0.1, 0.15) is 41.5 Å². The molecule has 5 rings (SSSR count). The highest BCUT2D eigenvalue weighted by atomic mass is 19.1. The van der Waals surface area contributed by atoms with E-state index in [0.29, 0.717) is 22.7 Å². The van der Waals surface area contributed by atoms with Crippen molar-refractivity contribution in [1.29, 1.82) is 0 Å². The molecule has 1 saturated carbocycles. The fourth-order valence-corrected chi connectivity index (χ4v) is 4.56. The second-order valence-electron chi connectivity index (χ2n) is 8.54. The van der Waals surface area contributed by atoms with Gasteiger partial charge in [0.05, 0.1) is 18.0 Å². The van der Waals surface area contributed by atoms with E-state index in [1.54, 1.807) is 19.3 Å². The lowest BCUT2D eigenvalue weighted by molar-refractivity contribution is -0.131. The molecule has 0 aliphatic heterocycles. The largest absolute Gasteiger partial charge is 0.481 e. The quantitative estimate of drug-likeness (QED) is 0.326. The number of rotatable bonds is 7. The van der Waals surface area contributed by atoms with Crippen LogP contribution in [0.2, 0.25) is 0 Å². The molecule has 1 aliphatic carbocycles. The van der Waals surface area contributed by atoms with Gasteiger partial charge in [-0.25, -0.2) is 9.78 Å². The number of aliphatic carboxylic acids is 1. The van der Waals surface area contributed by atoms with Gasteiger partial charge in [-0.1, -0.05) is 42.8 Å². The Labute approximate surface area is 201 Å². The van der Waals surface area contributed by atoms with Crippen LogP contribution in [0.4, 0.5) is 4.39 Å². The van der Waals surface area contributed by atoms with E-state index in [9.17, 15) is 9.18 Å². The van der Waals surface area contributed by atoms with Crippen molar-refractivity contribution < 1.29 is 19.0 Å². The highest BCUT2D eigenvalue weighted by Crippen LogP contribution is 2.46. The SMILES string of the molecule is COc1ccc(C(=C(c2ccc(C=CC(=O)O)cc2)c2cccc3n[nH]c(F)c23)C2CCC2)cn1. The zero-order chi connectivity index (χ0) is 24.4. The molecular formula is C28H24FN3O3. The molecule has 0 amide bonds. The van der Waals surface area contributed by atoms with E-state index in [2.05, 4.69) is 15.2 Å². The van der Waals surface area contributed by atoms with Crippen LogP contribution < -0.4 is 4.74 Å². The molecule has 6 nitrogen and oxygen atoms in total. The second kappa shape index (κ2) is 9.54. The molecule has 176 valence electrons. The number of carbonyl (C=O) groups is 1. The number of hydrogen-bond donors (Lipinski definition) is 2. The number of hydrogen-bond acceptors (Lipinski definition) is 4. The molecule has 2 N–H and O–H groups in total. The fourth-order valence-electron chi connectivity index (χ4n) is 4.56. The van der Waals surface area contributed by atoms with Crippen LogP contribution in [0, 0.1) is 11.9 Å². The molecule has 0 saturated heterocycles. The minimum Gasteiger partial charge on any atom is -0.481 e. The van der Waals surface area contributed by atoms with Gasteiger partial charge in [0.2, 0.25) is 11.8 Å². The van der Waals surface area contributed by atoms with E-state index in [1.165, 1.54) is 0 Å². The lowest BCUT2D eigenvalue weighted by Crippen LogP contribution is -2.15. The number of allylic oxidation sites excluding steroid dienone is 1. The molecular weight excluding hydrogens is 445 g/mol. The van der Waals surface area contributed by atoms with E-state index in [-0.39, 0.29) is 0 Å². The first kappa shape index (κ1) is 22.5. The predicted octanol–water partition coefficient (Wildman–Crippen LogP) is 5.96. The summed E-state index contributed by atoms with van der Waals surface area (Å²) >= 11 is 0. The Bertz CT molecular complexity index is 1430. The van der Waals surface area contributed by atoms with Crippen molar-refractivity contribution in [2.24, 2.45) is 5.92 Å². The highest BCUT2D eigenvalue weighted by molar-refractivity contribution is 6.06. The van der Waals surface area contributed by atoms with Crippen LogP contribution in [0.25, 0.3) is 28.1 Å². The van der Waals surface area contributed by atoms with Crippen LogP contribution in [0.3, 0.4) is 0 Å². The zero-order valence-corrected chi connectivity index (χ0v) is 19.2. The summed E-state index contributed by atoms with van der Waals surface area (Å²) in [6, 6.07) is 17.0. The van der Waals surface area contributed by atoms with Crippen molar-refractivity contribution in [3.05, 3.63) is 95.1 Å². The second-order valence-corrected chi connectivity index (χ2v) is 8.54. The first-order chi connectivity index (χ1) is 17.0. The summed E-state index contributed by atoms with van der Waals surface area (Å²) in [5.41, 5.74) is 5.96. The Morgan fingerprint density at radius 2 is 1.89 bits per heavy atom. The Hall–Kier alpha value is -4.26. The number of pyridine rings is 1. The molecule has 35 heavy (non-hydrogen) atoms. The molecule has 0 unspecified atom stereocenters. The molecule has 0 bridgehead atoms. The number of carboxylic acids is 1. The van der Waals surface area contributed by atoms with Gasteiger partial charge in [0.1, 0.15) is 0 Å². The van der Waals surface area contributed by atoms with Crippen molar-refractivity contribution in [3.63, 3.8) is 0 Å². The number of halogens is 1. The van der Waals surface area contributed by atoms with Gasteiger partial charge in [-0.3, -0.25) is 5.10 Å². The average Bonchev–Trinajstić information content (AvgIpc) is 3.23. The number of H-pyrrole nitrogens is 1. The Balaban J connectivity index is 1.77. The van der Waals surface area contributed by atoms with Gasteiger partial charge in [-0.15, -0.1) is 0 Å². The molecule has 2 heterocycles. The first-order valence-corrected chi connectivity index (χ1v) is 11.4. The van der Waals surface area contributed by atoms with Gasteiger partial charge in [-0.2, -0.15) is 9.49 Å². The maximum absolute atomic E-state index is 15.0. The third-order valence-electron chi connectivity index (χ3n) is 6.46. The van der Waals surface area contributed by atoms with E-state index in [0.717, 1.165) is 58.7 Å². The van der Waals surface area contributed by atoms with Crippen LogP contribution in [0.5, 0.6) is 5.88 Å². The minimum absolute atomic E-state index is 0.303. The van der Waals surface area contributed by atoms with Gasteiger partial charge in [0.25, 0.3) is 0 Å². The number of methoxy groups -OCH3 is 1. The molecule has 7 heteroatoms. The standard InChI is InChI=1S/C28H24FN3O3/c1-35-23-14-13-20(16-30-23)25(18-4-2-5-18)26(19-11-8-17(9-12-19)10-15-24(33)34)21-6-3-7-22-27(21)28(29)32-31-22/h3,6-16,18H,2,4-5H2,1H3,(H,31,32)(H,33,34). The lowest BCUT2D eigenvalue weighted by atomic mass is 9.73. The predicted molar refractivity (Wildman–Crippen MR) is 133 cm³/mol. The topological polar surface area (TPSA) is 88.1 Å². The monoisotopic (exact) mass is 469 g/mol. The summed E-state index contributed by atoms with van der Waals surface area (Å²) in [4.78, 5) is 15.4. The summed E-state index contributed by atoms with van der Waals surface area (Å²) in [6.45, 7) is 0. The molecule has 4 aromatic rings. The van der Waals surface area contributed by atoms with Gasteiger partial charge < -0.3 is 9.84 Å². The van der Waals surface area contributed by atoms with Crippen molar-refractivity contribution in [1.82, 2.24) is 15.2 Å². The van der Waals surface area contributed by atoms with Gasteiger partial charge in [0, 0.05) is 18.3 Å². The number of nitrogens with one attached hydrogen (secondary N) is 1. The van der Waals surface area contributed by atoms with Gasteiger partial charge in [-0.05, 0) is 70.4 Å². The number of nitrogens with zero attached hydrogens (tertiary/aromatic N) is 2. The molecule has 1 aliphatic rings. The van der Waals surface area contributed by atoms with E-state index < -0.39 is 11.9 Å². The third-order valence-corrected chi connectivity index (χ3v) is 6.46. The maximum Gasteiger partial charge on any atom is 0.328 e. The minimum atomic E-state index is -1.00. The number of carboxylic acid groups (broad SMARTS) is 1. The molecule has 2 aromatic carbocycles. The van der Waals surface area contributed by atoms with Gasteiger partial charge in [0.15, 0.2) is 0 Å². The van der Waals surface area contributed by atoms with Crippen LogP contribution in [0.15, 0.2) is 66.9 Å². The third kappa shape index (κ3) is 4.45. The zero-order valence-electron chi connectivity index (χ0n) is 19.2. The van der Waals surface area contributed by atoms with E-state index in [4.69, 9.17) is 9.84 Å². The van der Waals surface area contributed by atoms with Crippen molar-refractivity contribution in [2.45, 2.75) is 19.3 Å².